The maximum Gasteiger partial charge on any atom is 0.336 e. The maximum absolute atomic E-state index is 11.8. The molecule has 1 N–H and O–H groups in total. The number of ether oxygens (including phenoxy) is 2. The minimum Gasteiger partial charge on any atom is -0.497 e. The van der Waals surface area contributed by atoms with Gasteiger partial charge in [0, 0.05) is 6.07 Å². The molecule has 1 aromatic heterocycles. The number of aliphatic hydroxyl groups is 1. The predicted octanol–water partition coefficient (Wildman–Crippen LogP) is 3.03. The standard InChI is InChI=1S/C15H15NO6S2/c1-21-10-5-3-9(4-6-10)13(12(17)14(18)22-2)24-15-11(16(19)20)7-8-23-15/h3-8,12-13,17H,1-2H3/t12-,13+/m1/s1. The van der Waals surface area contributed by atoms with E-state index in [2.05, 4.69) is 4.74 Å². The summed E-state index contributed by atoms with van der Waals surface area (Å²) in [5.41, 5.74) is 0.571. The van der Waals surface area contributed by atoms with Gasteiger partial charge in [0.1, 0.15) is 9.96 Å². The van der Waals surface area contributed by atoms with E-state index < -0.39 is 22.2 Å². The summed E-state index contributed by atoms with van der Waals surface area (Å²) >= 11 is 2.23. The van der Waals surface area contributed by atoms with Crippen molar-refractivity contribution >= 4 is 34.8 Å². The van der Waals surface area contributed by atoms with Crippen molar-refractivity contribution in [1.29, 1.82) is 0 Å². The lowest BCUT2D eigenvalue weighted by molar-refractivity contribution is -0.387. The van der Waals surface area contributed by atoms with Gasteiger partial charge in [0.25, 0.3) is 5.69 Å². The van der Waals surface area contributed by atoms with Crippen molar-refractivity contribution in [2.75, 3.05) is 14.2 Å². The lowest BCUT2D eigenvalue weighted by Crippen LogP contribution is -2.27. The second kappa shape index (κ2) is 8.13. The van der Waals surface area contributed by atoms with Gasteiger partial charge in [-0.3, -0.25) is 10.1 Å². The number of esters is 1. The third-order valence-electron chi connectivity index (χ3n) is 3.21. The van der Waals surface area contributed by atoms with Crippen LogP contribution in [0.15, 0.2) is 39.9 Å². The van der Waals surface area contributed by atoms with Crippen LogP contribution in [-0.4, -0.2) is 36.3 Å². The maximum atomic E-state index is 11.8. The molecule has 9 heteroatoms. The first-order chi connectivity index (χ1) is 11.5. The van der Waals surface area contributed by atoms with E-state index in [-0.39, 0.29) is 5.69 Å². The van der Waals surface area contributed by atoms with Gasteiger partial charge >= 0.3 is 5.97 Å². The zero-order valence-corrected chi connectivity index (χ0v) is 14.5. The molecule has 1 aromatic carbocycles. The molecule has 0 amide bonds. The number of carbonyl (C=O) groups is 1. The van der Waals surface area contributed by atoms with E-state index in [9.17, 15) is 20.0 Å². The average Bonchev–Trinajstić information content (AvgIpc) is 3.07. The quantitative estimate of drug-likeness (QED) is 0.346. The van der Waals surface area contributed by atoms with E-state index in [0.717, 1.165) is 11.8 Å². The first-order valence-corrected chi connectivity index (χ1v) is 8.52. The lowest BCUT2D eigenvalue weighted by atomic mass is 10.1. The number of thiophene rings is 1. The molecule has 0 aliphatic heterocycles. The van der Waals surface area contributed by atoms with Gasteiger partial charge in [0.05, 0.1) is 24.4 Å². The summed E-state index contributed by atoms with van der Waals surface area (Å²) in [6.07, 6.45) is -1.46. The van der Waals surface area contributed by atoms with E-state index in [4.69, 9.17) is 4.74 Å². The molecule has 0 radical (unpaired) electrons. The van der Waals surface area contributed by atoms with E-state index in [1.165, 1.54) is 31.6 Å². The number of aliphatic hydroxyl groups excluding tert-OH is 1. The molecule has 0 aliphatic rings. The normalized spacial score (nSPS) is 13.1. The molecule has 0 fully saturated rings. The van der Waals surface area contributed by atoms with Crippen LogP contribution in [0.3, 0.4) is 0 Å². The van der Waals surface area contributed by atoms with Crippen LogP contribution < -0.4 is 4.74 Å². The van der Waals surface area contributed by atoms with Crippen molar-refractivity contribution in [2.24, 2.45) is 0 Å². The van der Waals surface area contributed by atoms with Crippen LogP contribution >= 0.6 is 23.1 Å². The van der Waals surface area contributed by atoms with Crippen LogP contribution in [0.4, 0.5) is 5.69 Å². The molecule has 0 saturated heterocycles. The number of hydrogen-bond donors (Lipinski definition) is 1. The number of nitrogens with zero attached hydrogens (tertiary/aromatic N) is 1. The van der Waals surface area contributed by atoms with Gasteiger partial charge in [-0.05, 0) is 23.1 Å². The van der Waals surface area contributed by atoms with Crippen molar-refractivity contribution in [3.8, 4) is 5.75 Å². The fourth-order valence-electron chi connectivity index (χ4n) is 1.98. The van der Waals surface area contributed by atoms with Gasteiger partial charge < -0.3 is 14.6 Å². The highest BCUT2D eigenvalue weighted by Gasteiger charge is 2.32. The van der Waals surface area contributed by atoms with E-state index >= 15 is 0 Å². The highest BCUT2D eigenvalue weighted by atomic mass is 32.2. The molecule has 2 rings (SSSR count). The molecule has 24 heavy (non-hydrogen) atoms. The Kier molecular flexibility index (Phi) is 6.18. The van der Waals surface area contributed by atoms with Crippen LogP contribution in [0, 0.1) is 10.1 Å². The van der Waals surface area contributed by atoms with Crippen LogP contribution in [0.1, 0.15) is 10.8 Å². The number of hydrogen-bond acceptors (Lipinski definition) is 8. The van der Waals surface area contributed by atoms with Crippen molar-refractivity contribution < 1.29 is 24.3 Å². The highest BCUT2D eigenvalue weighted by Crippen LogP contribution is 2.45. The number of benzene rings is 1. The molecular formula is C15H15NO6S2. The second-order valence-corrected chi connectivity index (χ2v) is 6.96. The van der Waals surface area contributed by atoms with Crippen molar-refractivity contribution in [2.45, 2.75) is 15.6 Å². The summed E-state index contributed by atoms with van der Waals surface area (Å²) in [4.78, 5) is 22.3. The summed E-state index contributed by atoms with van der Waals surface area (Å²) in [5, 5.41) is 22.2. The third kappa shape index (κ3) is 4.05. The number of rotatable bonds is 7. The van der Waals surface area contributed by atoms with E-state index in [1.54, 1.807) is 29.6 Å². The second-order valence-electron chi connectivity index (χ2n) is 4.63. The summed E-state index contributed by atoms with van der Waals surface area (Å²) in [7, 11) is 2.70. The Morgan fingerprint density at radius 3 is 2.50 bits per heavy atom. The van der Waals surface area contributed by atoms with Crippen LogP contribution in [0.2, 0.25) is 0 Å². The molecule has 0 unspecified atom stereocenters. The minimum absolute atomic E-state index is 0.0550. The van der Waals surface area contributed by atoms with Crippen LogP contribution in [0.25, 0.3) is 0 Å². The first-order valence-electron chi connectivity index (χ1n) is 6.76. The smallest absolute Gasteiger partial charge is 0.336 e. The van der Waals surface area contributed by atoms with Gasteiger partial charge in [0.15, 0.2) is 6.10 Å². The molecule has 2 atom stereocenters. The SMILES string of the molecule is COC(=O)[C@H](O)[C@@H](Sc1sccc1[N+](=O)[O-])c1ccc(OC)cc1. The molecule has 0 saturated carbocycles. The number of methoxy groups -OCH3 is 2. The minimum atomic E-state index is -1.46. The first kappa shape index (κ1) is 18.2. The largest absolute Gasteiger partial charge is 0.497 e. The van der Waals surface area contributed by atoms with Gasteiger partial charge in [-0.1, -0.05) is 23.9 Å². The molecule has 7 nitrogen and oxygen atoms in total. The Balaban J connectivity index is 2.36. The third-order valence-corrected chi connectivity index (χ3v) is 5.69. The summed E-state index contributed by atoms with van der Waals surface area (Å²) in [6.45, 7) is 0. The lowest BCUT2D eigenvalue weighted by Gasteiger charge is -2.20. The van der Waals surface area contributed by atoms with Crippen LogP contribution in [-0.2, 0) is 9.53 Å². The van der Waals surface area contributed by atoms with Gasteiger partial charge in [-0.15, -0.1) is 11.3 Å². The molecule has 2 aromatic rings. The molecule has 0 spiro atoms. The molecular weight excluding hydrogens is 354 g/mol. The fraction of sp³-hybridized carbons (Fsp3) is 0.267. The zero-order valence-electron chi connectivity index (χ0n) is 12.9. The Bertz CT molecular complexity index is 715. The van der Waals surface area contributed by atoms with E-state index in [0.29, 0.717) is 15.5 Å². The summed E-state index contributed by atoms with van der Waals surface area (Å²) in [5.74, 6) is -0.181. The predicted molar refractivity (Wildman–Crippen MR) is 90.6 cm³/mol. The Hall–Kier alpha value is -2.10. The Morgan fingerprint density at radius 1 is 1.29 bits per heavy atom. The van der Waals surface area contributed by atoms with Gasteiger partial charge in [0.2, 0.25) is 0 Å². The molecule has 0 aliphatic carbocycles. The monoisotopic (exact) mass is 369 g/mol. The number of thioether (sulfide) groups is 1. The zero-order chi connectivity index (χ0) is 17.7. The number of nitro groups is 1. The summed E-state index contributed by atoms with van der Waals surface area (Å²) in [6, 6.07) is 8.16. The topological polar surface area (TPSA) is 98.9 Å². The van der Waals surface area contributed by atoms with Crippen LogP contribution in [0.5, 0.6) is 5.75 Å². The average molecular weight is 369 g/mol. The summed E-state index contributed by atoms with van der Waals surface area (Å²) < 4.78 is 10.1. The van der Waals surface area contributed by atoms with Crippen molar-refractivity contribution in [1.82, 2.24) is 0 Å². The van der Waals surface area contributed by atoms with Crippen molar-refractivity contribution in [3.05, 3.63) is 51.4 Å². The highest BCUT2D eigenvalue weighted by molar-refractivity contribution is 8.01. The van der Waals surface area contributed by atoms with Crippen molar-refractivity contribution in [3.63, 3.8) is 0 Å². The molecule has 1 heterocycles. The van der Waals surface area contributed by atoms with E-state index in [1.807, 2.05) is 0 Å². The molecule has 128 valence electrons. The molecule has 0 bridgehead atoms. The Morgan fingerprint density at radius 2 is 1.96 bits per heavy atom. The fourth-order valence-corrected chi connectivity index (χ4v) is 4.29. The Labute approximate surface area is 146 Å². The van der Waals surface area contributed by atoms with Gasteiger partial charge in [-0.2, -0.15) is 0 Å². The van der Waals surface area contributed by atoms with Gasteiger partial charge in [-0.25, -0.2) is 4.79 Å². The number of carbonyl (C=O) groups excluding carboxylic acids is 1.